The fraction of sp³-hybridized carbons (Fsp3) is 0.474. The summed E-state index contributed by atoms with van der Waals surface area (Å²) in [5, 5.41) is 7.65. The quantitative estimate of drug-likeness (QED) is 0.928. The minimum Gasteiger partial charge on any atom is -0.380 e. The molecule has 2 aromatic rings. The van der Waals surface area contributed by atoms with Gasteiger partial charge in [0.15, 0.2) is 0 Å². The van der Waals surface area contributed by atoms with E-state index in [-0.39, 0.29) is 5.91 Å². The number of hydrogen-bond acceptors (Lipinski definition) is 3. The highest BCUT2D eigenvalue weighted by Gasteiger charge is 2.45. The summed E-state index contributed by atoms with van der Waals surface area (Å²) >= 11 is 0. The fourth-order valence-corrected chi connectivity index (χ4v) is 3.57. The first-order valence-electron chi connectivity index (χ1n) is 8.74. The van der Waals surface area contributed by atoms with E-state index in [0.29, 0.717) is 26.1 Å². The third-order valence-electron chi connectivity index (χ3n) is 5.07. The van der Waals surface area contributed by atoms with Crippen molar-refractivity contribution < 1.29 is 13.9 Å². The van der Waals surface area contributed by atoms with Crippen molar-refractivity contribution in [3.63, 3.8) is 0 Å². The molecule has 1 aromatic carbocycles. The van der Waals surface area contributed by atoms with Crippen molar-refractivity contribution >= 4 is 5.91 Å². The molecule has 0 unspecified atom stereocenters. The highest BCUT2D eigenvalue weighted by Crippen LogP contribution is 2.36. The Morgan fingerprint density at radius 2 is 2.20 bits per heavy atom. The number of hydrogen-bond donors (Lipinski definition) is 1. The van der Waals surface area contributed by atoms with Crippen LogP contribution in [0.4, 0.5) is 4.39 Å². The minimum atomic E-state index is -0.936. The van der Waals surface area contributed by atoms with Crippen LogP contribution < -0.4 is 0 Å². The number of aromatic nitrogens is 2. The number of nitrogens with zero attached hydrogens (tertiary/aromatic N) is 2. The third kappa shape index (κ3) is 3.18. The van der Waals surface area contributed by atoms with Gasteiger partial charge in [0.1, 0.15) is 6.17 Å². The first kappa shape index (κ1) is 16.3. The van der Waals surface area contributed by atoms with E-state index >= 15 is 0 Å². The number of nitrogens with one attached hydrogen (secondary N) is 1. The Morgan fingerprint density at radius 1 is 1.40 bits per heavy atom. The molecule has 1 fully saturated rings. The van der Waals surface area contributed by atoms with E-state index in [2.05, 4.69) is 16.3 Å². The smallest absolute Gasteiger partial charge is 0.228 e. The van der Waals surface area contributed by atoms with Gasteiger partial charge in [-0.2, -0.15) is 5.10 Å². The summed E-state index contributed by atoms with van der Waals surface area (Å²) in [6.45, 7) is 1.81. The summed E-state index contributed by atoms with van der Waals surface area (Å²) in [5.41, 5.74) is 5.34. The molecule has 2 heterocycles. The van der Waals surface area contributed by atoms with Crippen molar-refractivity contribution in [2.24, 2.45) is 5.92 Å². The fourth-order valence-electron chi connectivity index (χ4n) is 3.57. The first-order chi connectivity index (χ1) is 12.2. The van der Waals surface area contributed by atoms with Crippen LogP contribution in [0.3, 0.4) is 0 Å². The van der Waals surface area contributed by atoms with Crippen LogP contribution >= 0.6 is 0 Å². The van der Waals surface area contributed by atoms with E-state index in [1.807, 2.05) is 23.1 Å². The Hall–Kier alpha value is -2.21. The molecule has 0 bridgehead atoms. The molecule has 5 nitrogen and oxygen atoms in total. The molecule has 1 amide bonds. The molecule has 4 rings (SSSR count). The van der Waals surface area contributed by atoms with Gasteiger partial charge in [-0.15, -0.1) is 0 Å². The molecule has 25 heavy (non-hydrogen) atoms. The maximum absolute atomic E-state index is 13.2. The van der Waals surface area contributed by atoms with Gasteiger partial charge in [-0.05, 0) is 24.5 Å². The topological polar surface area (TPSA) is 58.2 Å². The first-order valence-corrected chi connectivity index (χ1v) is 8.74. The lowest BCUT2D eigenvalue weighted by Gasteiger charge is -2.20. The van der Waals surface area contributed by atoms with Crippen molar-refractivity contribution in [3.05, 3.63) is 41.1 Å². The normalized spacial score (nSPS) is 22.4. The second-order valence-electron chi connectivity index (χ2n) is 6.85. The number of carbonyl (C=O) groups excluding carboxylic acids is 1. The molecule has 1 aromatic heterocycles. The van der Waals surface area contributed by atoms with Crippen molar-refractivity contribution in [1.29, 1.82) is 0 Å². The standard InChI is InChI=1S/C19H22FN3O2/c1-25-11-12-3-2-4-13(9-12)18-14-5-7-23(8-6-17(14)21-22-18)19(24)15-10-16(15)20/h2-4,9,15-16H,5-8,10-11H2,1H3,(H,21,22)/t15-,16-/m1/s1. The zero-order valence-electron chi connectivity index (χ0n) is 14.3. The molecule has 1 N–H and O–H groups in total. The Balaban J connectivity index is 1.55. The summed E-state index contributed by atoms with van der Waals surface area (Å²) in [6, 6.07) is 8.17. The molecule has 2 aliphatic rings. The van der Waals surface area contributed by atoms with Crippen LogP contribution in [0.15, 0.2) is 24.3 Å². The number of rotatable bonds is 4. The van der Waals surface area contributed by atoms with E-state index in [1.54, 1.807) is 7.11 Å². The predicted octanol–water partition coefficient (Wildman–Crippen LogP) is 2.51. The average molecular weight is 343 g/mol. The number of H-pyrrole nitrogens is 1. The molecule has 0 spiro atoms. The third-order valence-corrected chi connectivity index (χ3v) is 5.07. The SMILES string of the molecule is COCc1cccc(-c2n[nH]c3c2CCN(C(=O)[C@@H]2C[C@H]2F)CC3)c1. The molecular weight excluding hydrogens is 321 g/mol. The van der Waals surface area contributed by atoms with Crippen LogP contribution in [-0.2, 0) is 29.0 Å². The van der Waals surface area contributed by atoms with Crippen LogP contribution in [0.1, 0.15) is 23.2 Å². The summed E-state index contributed by atoms with van der Waals surface area (Å²) in [4.78, 5) is 14.1. The molecule has 1 aliphatic heterocycles. The number of amides is 1. The molecule has 132 valence electrons. The van der Waals surface area contributed by atoms with E-state index in [0.717, 1.165) is 40.9 Å². The highest BCUT2D eigenvalue weighted by atomic mass is 19.1. The number of fused-ring (bicyclic) bond motifs is 1. The number of aromatic amines is 1. The van der Waals surface area contributed by atoms with E-state index in [4.69, 9.17) is 4.74 Å². The van der Waals surface area contributed by atoms with Gasteiger partial charge in [0.05, 0.1) is 18.2 Å². The summed E-state index contributed by atoms with van der Waals surface area (Å²) < 4.78 is 18.4. The molecule has 0 saturated heterocycles. The Morgan fingerprint density at radius 3 is 2.96 bits per heavy atom. The van der Waals surface area contributed by atoms with Crippen molar-refractivity contribution in [1.82, 2.24) is 15.1 Å². The van der Waals surface area contributed by atoms with Crippen LogP contribution in [0.25, 0.3) is 11.3 Å². The summed E-state index contributed by atoms with van der Waals surface area (Å²) in [6.07, 6.45) is 0.926. The molecule has 2 atom stereocenters. The van der Waals surface area contributed by atoms with Gasteiger partial charge in [0.25, 0.3) is 0 Å². The Kier molecular flexibility index (Phi) is 4.29. The zero-order chi connectivity index (χ0) is 17.4. The average Bonchev–Trinajstić information content (AvgIpc) is 3.27. The molecule has 1 aliphatic carbocycles. The lowest BCUT2D eigenvalue weighted by atomic mass is 10.0. The molecule has 1 saturated carbocycles. The van der Waals surface area contributed by atoms with Crippen molar-refractivity contribution in [3.8, 4) is 11.3 Å². The predicted molar refractivity (Wildman–Crippen MR) is 91.7 cm³/mol. The van der Waals surface area contributed by atoms with Gasteiger partial charge >= 0.3 is 0 Å². The van der Waals surface area contributed by atoms with Crippen molar-refractivity contribution in [2.75, 3.05) is 20.2 Å². The summed E-state index contributed by atoms with van der Waals surface area (Å²) in [5.74, 6) is -0.436. The van der Waals surface area contributed by atoms with Crippen LogP contribution in [0.5, 0.6) is 0 Å². The van der Waals surface area contributed by atoms with Crippen LogP contribution in [0, 0.1) is 5.92 Å². The minimum absolute atomic E-state index is 0.0331. The van der Waals surface area contributed by atoms with Crippen LogP contribution in [0.2, 0.25) is 0 Å². The van der Waals surface area contributed by atoms with Crippen LogP contribution in [-0.4, -0.2) is 47.4 Å². The summed E-state index contributed by atoms with van der Waals surface area (Å²) in [7, 11) is 1.68. The zero-order valence-corrected chi connectivity index (χ0v) is 14.3. The largest absolute Gasteiger partial charge is 0.380 e. The number of ether oxygens (including phenoxy) is 1. The van der Waals surface area contributed by atoms with E-state index in [9.17, 15) is 9.18 Å². The molecule has 0 radical (unpaired) electrons. The van der Waals surface area contributed by atoms with Gasteiger partial charge in [0, 0.05) is 43.4 Å². The Bertz CT molecular complexity index is 789. The maximum atomic E-state index is 13.2. The maximum Gasteiger partial charge on any atom is 0.228 e. The van der Waals surface area contributed by atoms with Crippen molar-refractivity contribution in [2.45, 2.75) is 32.0 Å². The van der Waals surface area contributed by atoms with Gasteiger partial charge in [-0.25, -0.2) is 4.39 Å². The Labute approximate surface area is 146 Å². The van der Waals surface area contributed by atoms with Gasteiger partial charge in [-0.1, -0.05) is 18.2 Å². The second-order valence-corrected chi connectivity index (χ2v) is 6.85. The van der Waals surface area contributed by atoms with E-state index < -0.39 is 12.1 Å². The molecular formula is C19H22FN3O2. The number of methoxy groups -OCH3 is 1. The number of carbonyl (C=O) groups is 1. The second kappa shape index (κ2) is 6.59. The number of halogens is 1. The number of benzene rings is 1. The lowest BCUT2D eigenvalue weighted by molar-refractivity contribution is -0.132. The monoisotopic (exact) mass is 343 g/mol. The van der Waals surface area contributed by atoms with E-state index in [1.165, 1.54) is 0 Å². The molecule has 6 heteroatoms. The van der Waals surface area contributed by atoms with Gasteiger partial charge in [0.2, 0.25) is 5.91 Å². The van der Waals surface area contributed by atoms with Gasteiger partial charge < -0.3 is 9.64 Å². The van der Waals surface area contributed by atoms with Gasteiger partial charge in [-0.3, -0.25) is 9.89 Å². The number of alkyl halides is 1. The lowest BCUT2D eigenvalue weighted by Crippen LogP contribution is -2.35. The highest BCUT2D eigenvalue weighted by molar-refractivity contribution is 5.82.